The molecule has 0 saturated heterocycles. The predicted molar refractivity (Wildman–Crippen MR) is 79.5 cm³/mol. The SMILES string of the molecule is O=C(NCc1cccc(F)c1)c1coc(-c2ccccc2)n1. The summed E-state index contributed by atoms with van der Waals surface area (Å²) in [7, 11) is 0. The van der Waals surface area contributed by atoms with E-state index in [9.17, 15) is 9.18 Å². The van der Waals surface area contributed by atoms with Crippen molar-refractivity contribution in [3.8, 4) is 11.5 Å². The van der Waals surface area contributed by atoms with Crippen molar-refractivity contribution in [3.05, 3.63) is 77.9 Å². The first-order valence-corrected chi connectivity index (χ1v) is 6.76. The molecule has 22 heavy (non-hydrogen) atoms. The fourth-order valence-electron chi connectivity index (χ4n) is 2.01. The van der Waals surface area contributed by atoms with Gasteiger partial charge < -0.3 is 9.73 Å². The quantitative estimate of drug-likeness (QED) is 0.802. The van der Waals surface area contributed by atoms with Gasteiger partial charge in [0.1, 0.15) is 12.1 Å². The van der Waals surface area contributed by atoms with Crippen molar-refractivity contribution >= 4 is 5.91 Å². The zero-order chi connectivity index (χ0) is 15.4. The normalized spacial score (nSPS) is 10.4. The number of nitrogens with zero attached hydrogens (tertiary/aromatic N) is 1. The largest absolute Gasteiger partial charge is 0.444 e. The van der Waals surface area contributed by atoms with Gasteiger partial charge in [-0.15, -0.1) is 0 Å². The first kappa shape index (κ1) is 14.0. The summed E-state index contributed by atoms with van der Waals surface area (Å²) in [4.78, 5) is 16.2. The standard InChI is InChI=1S/C17H13FN2O2/c18-14-8-4-5-12(9-14)10-19-16(21)15-11-22-17(20-15)13-6-2-1-3-7-13/h1-9,11H,10H2,(H,19,21). The minimum absolute atomic E-state index is 0.190. The number of amides is 1. The van der Waals surface area contributed by atoms with Crippen LogP contribution in [0.1, 0.15) is 16.1 Å². The van der Waals surface area contributed by atoms with Crippen LogP contribution in [-0.4, -0.2) is 10.9 Å². The van der Waals surface area contributed by atoms with Crippen molar-refractivity contribution in [1.82, 2.24) is 10.3 Å². The molecule has 0 unspecified atom stereocenters. The van der Waals surface area contributed by atoms with Gasteiger partial charge in [0.05, 0.1) is 0 Å². The molecule has 0 saturated carbocycles. The van der Waals surface area contributed by atoms with E-state index in [4.69, 9.17) is 4.42 Å². The summed E-state index contributed by atoms with van der Waals surface area (Å²) >= 11 is 0. The topological polar surface area (TPSA) is 55.1 Å². The Bertz CT molecular complexity index is 784. The maximum absolute atomic E-state index is 13.1. The molecule has 3 rings (SSSR count). The van der Waals surface area contributed by atoms with Crippen LogP contribution in [0.4, 0.5) is 4.39 Å². The summed E-state index contributed by atoms with van der Waals surface area (Å²) < 4.78 is 18.4. The smallest absolute Gasteiger partial charge is 0.273 e. The monoisotopic (exact) mass is 296 g/mol. The molecule has 1 N–H and O–H groups in total. The number of carbonyl (C=O) groups is 1. The minimum atomic E-state index is -0.366. The Kier molecular flexibility index (Phi) is 3.96. The van der Waals surface area contributed by atoms with Gasteiger partial charge in [-0.1, -0.05) is 30.3 Å². The molecule has 1 heterocycles. The maximum Gasteiger partial charge on any atom is 0.273 e. The van der Waals surface area contributed by atoms with Crippen LogP contribution >= 0.6 is 0 Å². The van der Waals surface area contributed by atoms with E-state index in [1.165, 1.54) is 18.4 Å². The van der Waals surface area contributed by atoms with Crippen LogP contribution in [0.2, 0.25) is 0 Å². The van der Waals surface area contributed by atoms with Gasteiger partial charge in [-0.2, -0.15) is 0 Å². The Morgan fingerprint density at radius 3 is 2.73 bits per heavy atom. The first-order valence-electron chi connectivity index (χ1n) is 6.76. The lowest BCUT2D eigenvalue weighted by Crippen LogP contribution is -2.23. The number of hydrogen-bond acceptors (Lipinski definition) is 3. The average molecular weight is 296 g/mol. The molecular weight excluding hydrogens is 283 g/mol. The molecule has 2 aromatic carbocycles. The number of oxazole rings is 1. The molecule has 0 aliphatic carbocycles. The van der Waals surface area contributed by atoms with Crippen LogP contribution in [0.15, 0.2) is 65.3 Å². The van der Waals surface area contributed by atoms with Crippen molar-refractivity contribution in [3.63, 3.8) is 0 Å². The number of halogens is 1. The molecular formula is C17H13FN2O2. The first-order chi connectivity index (χ1) is 10.7. The van der Waals surface area contributed by atoms with E-state index in [2.05, 4.69) is 10.3 Å². The number of rotatable bonds is 4. The second-order valence-corrected chi connectivity index (χ2v) is 4.72. The third-order valence-electron chi connectivity index (χ3n) is 3.10. The summed E-state index contributed by atoms with van der Waals surface area (Å²) in [5.41, 5.74) is 1.67. The second-order valence-electron chi connectivity index (χ2n) is 4.72. The Balaban J connectivity index is 1.67. The van der Waals surface area contributed by atoms with Gasteiger partial charge in [-0.3, -0.25) is 4.79 Å². The van der Waals surface area contributed by atoms with E-state index in [1.807, 2.05) is 30.3 Å². The number of carbonyl (C=O) groups excluding carboxylic acids is 1. The molecule has 0 aliphatic rings. The van der Waals surface area contributed by atoms with Crippen molar-refractivity contribution in [2.75, 3.05) is 0 Å². The van der Waals surface area contributed by atoms with Crippen LogP contribution in [0.3, 0.4) is 0 Å². The van der Waals surface area contributed by atoms with Gasteiger partial charge in [0.25, 0.3) is 5.91 Å². The van der Waals surface area contributed by atoms with Crippen molar-refractivity contribution in [2.24, 2.45) is 0 Å². The van der Waals surface area contributed by atoms with Gasteiger partial charge in [0, 0.05) is 12.1 Å². The molecule has 1 amide bonds. The fourth-order valence-corrected chi connectivity index (χ4v) is 2.01. The fraction of sp³-hybridized carbons (Fsp3) is 0.0588. The Morgan fingerprint density at radius 1 is 1.14 bits per heavy atom. The molecule has 0 spiro atoms. The average Bonchev–Trinajstić information content (AvgIpc) is 3.04. The third kappa shape index (κ3) is 3.20. The highest BCUT2D eigenvalue weighted by Gasteiger charge is 2.13. The molecule has 0 aliphatic heterocycles. The molecule has 110 valence electrons. The Hall–Kier alpha value is -2.95. The van der Waals surface area contributed by atoms with E-state index in [1.54, 1.807) is 12.1 Å². The lowest BCUT2D eigenvalue weighted by atomic mass is 10.2. The van der Waals surface area contributed by atoms with Crippen LogP contribution in [0, 0.1) is 5.82 Å². The lowest BCUT2D eigenvalue weighted by Gasteiger charge is -2.03. The van der Waals surface area contributed by atoms with Crippen molar-refractivity contribution < 1.29 is 13.6 Å². The summed E-state index contributed by atoms with van der Waals surface area (Å²) in [6.07, 6.45) is 1.31. The zero-order valence-corrected chi connectivity index (χ0v) is 11.6. The van der Waals surface area contributed by atoms with E-state index >= 15 is 0 Å². The van der Waals surface area contributed by atoms with E-state index in [0.29, 0.717) is 11.5 Å². The predicted octanol–water partition coefficient (Wildman–Crippen LogP) is 3.41. The third-order valence-corrected chi connectivity index (χ3v) is 3.10. The van der Waals surface area contributed by atoms with Gasteiger partial charge in [-0.05, 0) is 29.8 Å². The summed E-state index contributed by atoms with van der Waals surface area (Å²) in [5, 5.41) is 2.68. The highest BCUT2D eigenvalue weighted by Crippen LogP contribution is 2.17. The van der Waals surface area contributed by atoms with E-state index < -0.39 is 0 Å². The van der Waals surface area contributed by atoms with Gasteiger partial charge in [0.2, 0.25) is 5.89 Å². The molecule has 0 atom stereocenters. The van der Waals surface area contributed by atoms with Crippen molar-refractivity contribution in [2.45, 2.75) is 6.54 Å². The molecule has 4 nitrogen and oxygen atoms in total. The summed E-state index contributed by atoms with van der Waals surface area (Å²) in [6, 6.07) is 15.4. The Labute approximate surface area is 126 Å². The number of hydrogen-bond donors (Lipinski definition) is 1. The summed E-state index contributed by atoms with van der Waals surface area (Å²) in [5.74, 6) is -0.314. The van der Waals surface area contributed by atoms with Crippen LogP contribution in [0.25, 0.3) is 11.5 Å². The Morgan fingerprint density at radius 2 is 1.95 bits per heavy atom. The van der Waals surface area contributed by atoms with E-state index in [-0.39, 0.29) is 24.0 Å². The zero-order valence-electron chi connectivity index (χ0n) is 11.6. The molecule has 1 aromatic heterocycles. The van der Waals surface area contributed by atoms with Crippen LogP contribution < -0.4 is 5.32 Å². The molecule has 3 aromatic rings. The molecule has 0 fully saturated rings. The highest BCUT2D eigenvalue weighted by atomic mass is 19.1. The van der Waals surface area contributed by atoms with Gasteiger partial charge in [-0.25, -0.2) is 9.37 Å². The lowest BCUT2D eigenvalue weighted by molar-refractivity contribution is 0.0946. The van der Waals surface area contributed by atoms with Crippen LogP contribution in [-0.2, 0) is 6.54 Å². The van der Waals surface area contributed by atoms with Crippen molar-refractivity contribution in [1.29, 1.82) is 0 Å². The van der Waals surface area contributed by atoms with Gasteiger partial charge >= 0.3 is 0 Å². The van der Waals surface area contributed by atoms with E-state index in [0.717, 1.165) is 5.56 Å². The molecule has 5 heteroatoms. The number of nitrogens with one attached hydrogen (secondary N) is 1. The molecule has 0 bridgehead atoms. The van der Waals surface area contributed by atoms with Gasteiger partial charge in [0.15, 0.2) is 5.69 Å². The highest BCUT2D eigenvalue weighted by molar-refractivity contribution is 5.92. The maximum atomic E-state index is 13.1. The molecule has 0 radical (unpaired) electrons. The minimum Gasteiger partial charge on any atom is -0.444 e. The van der Waals surface area contributed by atoms with Crippen LogP contribution in [0.5, 0.6) is 0 Å². The second kappa shape index (κ2) is 6.22. The number of aromatic nitrogens is 1. The number of benzene rings is 2. The summed E-state index contributed by atoms with van der Waals surface area (Å²) in [6.45, 7) is 0.226.